The summed E-state index contributed by atoms with van der Waals surface area (Å²) in [5, 5.41) is 39.2. The van der Waals surface area contributed by atoms with Crippen LogP contribution in [0.15, 0.2) is 183 Å². The first kappa shape index (κ1) is 61.4. The Morgan fingerprint density at radius 2 is 0.882 bits per heavy atom. The lowest BCUT2D eigenvalue weighted by molar-refractivity contribution is -0.134. The molecule has 5 N–H and O–H groups in total. The van der Waals surface area contributed by atoms with Gasteiger partial charge in [-0.25, -0.2) is 4.79 Å². The number of unbranched alkanes of at least 4 members (excludes halogenated alkanes) is 1. The van der Waals surface area contributed by atoms with Crippen LogP contribution in [0.1, 0.15) is 71.2 Å². The number of fused-ring (bicyclic) bond motifs is 1. The summed E-state index contributed by atoms with van der Waals surface area (Å²) in [5.41, 5.74) is 6.59. The fourth-order valence-corrected chi connectivity index (χ4v) is 12.0. The molecular weight excluding hydrogens is 1090 g/mol. The average molecular weight is 1170 g/mol. The van der Waals surface area contributed by atoms with Gasteiger partial charge in [0.05, 0.1) is 69.8 Å². The van der Waals surface area contributed by atoms with E-state index in [-0.39, 0.29) is 29.8 Å². The van der Waals surface area contributed by atoms with Crippen molar-refractivity contribution in [2.45, 2.75) is 108 Å². The highest BCUT2D eigenvalue weighted by molar-refractivity contribution is 8.00. The van der Waals surface area contributed by atoms with E-state index in [0.29, 0.717) is 114 Å². The lowest BCUT2D eigenvalue weighted by Gasteiger charge is -2.29. The zero-order valence-corrected chi connectivity index (χ0v) is 48.4. The van der Waals surface area contributed by atoms with Crippen LogP contribution in [0.5, 0.6) is 11.5 Å². The van der Waals surface area contributed by atoms with Crippen LogP contribution in [0.3, 0.4) is 0 Å². The number of aliphatic hydroxyl groups excluding tert-OH is 2. The number of carbonyl (C=O) groups is 2. The third-order valence-corrected chi connectivity index (χ3v) is 15.8. The van der Waals surface area contributed by atoms with E-state index in [0.717, 1.165) is 52.8 Å². The fourth-order valence-electron chi connectivity index (χ4n) is 10.4. The van der Waals surface area contributed by atoms with Gasteiger partial charge in [0.1, 0.15) is 5.75 Å². The smallest absolute Gasteiger partial charge is 0.315 e. The molecule has 0 saturated carbocycles. The first-order valence-corrected chi connectivity index (χ1v) is 29.8. The van der Waals surface area contributed by atoms with Gasteiger partial charge < -0.3 is 30.7 Å². The number of urea groups is 1. The summed E-state index contributed by atoms with van der Waals surface area (Å²) in [4.78, 5) is 68.8. The van der Waals surface area contributed by atoms with Crippen molar-refractivity contribution in [3.8, 4) is 11.5 Å². The number of carbonyl (C=O) groups excluding carboxylic acids is 2. The van der Waals surface area contributed by atoms with Crippen LogP contribution in [-0.4, -0.2) is 148 Å². The molecule has 0 aromatic carbocycles. The van der Waals surface area contributed by atoms with Crippen molar-refractivity contribution in [1.29, 1.82) is 0 Å². The van der Waals surface area contributed by atoms with Crippen molar-refractivity contribution in [3.63, 3.8) is 0 Å². The van der Waals surface area contributed by atoms with Gasteiger partial charge in [0.25, 0.3) is 0 Å². The molecule has 3 unspecified atom stereocenters. The van der Waals surface area contributed by atoms with Crippen LogP contribution >= 0.6 is 11.8 Å². The largest absolute Gasteiger partial charge is 0.506 e. The van der Waals surface area contributed by atoms with Crippen molar-refractivity contribution < 1.29 is 29.6 Å². The molecule has 2 aliphatic heterocycles. The zero-order chi connectivity index (χ0) is 58.8. The molecule has 8 aromatic rings. The fraction of sp³-hybridized carbons (Fsp3) is 0.344. The number of nitrogens with zero attached hydrogens (tertiary/aromatic N) is 12. The normalized spacial score (nSPS) is 16.1. The van der Waals surface area contributed by atoms with E-state index in [9.17, 15) is 24.9 Å². The molecule has 0 radical (unpaired) electrons. The predicted molar refractivity (Wildman–Crippen MR) is 324 cm³/mol. The second-order valence-corrected chi connectivity index (χ2v) is 22.4. The van der Waals surface area contributed by atoms with E-state index in [1.165, 1.54) is 0 Å². The van der Waals surface area contributed by atoms with Gasteiger partial charge >= 0.3 is 12.0 Å². The van der Waals surface area contributed by atoms with E-state index in [2.05, 4.69) is 70.1 Å². The highest BCUT2D eigenvalue weighted by Crippen LogP contribution is 2.33. The number of aromatic nitrogens is 8. The molecule has 85 heavy (non-hydrogen) atoms. The van der Waals surface area contributed by atoms with Crippen LogP contribution in [0.2, 0.25) is 0 Å². The summed E-state index contributed by atoms with van der Waals surface area (Å²) in [5.74, 6) is 1.17. The molecule has 2 aliphatic rings. The molecule has 0 bridgehead atoms. The van der Waals surface area contributed by atoms with Crippen LogP contribution < -0.4 is 15.4 Å². The van der Waals surface area contributed by atoms with Crippen molar-refractivity contribution in [3.05, 3.63) is 229 Å². The van der Waals surface area contributed by atoms with Crippen LogP contribution in [0.4, 0.5) is 4.79 Å². The Balaban J connectivity index is 0.000000217. The molecule has 20 nitrogen and oxygen atoms in total. The minimum Gasteiger partial charge on any atom is -0.506 e. The average Bonchev–Trinajstić information content (AvgIpc) is 4.00. The quantitative estimate of drug-likeness (QED) is 0.0173. The molecule has 5 atom stereocenters. The second-order valence-electron chi connectivity index (χ2n) is 21.2. The Morgan fingerprint density at radius 1 is 0.494 bits per heavy atom. The number of hydrogen-bond donors (Lipinski definition) is 5. The maximum absolute atomic E-state index is 13.0. The van der Waals surface area contributed by atoms with Gasteiger partial charge in [-0.2, -0.15) is 11.8 Å². The van der Waals surface area contributed by atoms with E-state index in [1.54, 1.807) is 73.8 Å². The van der Waals surface area contributed by atoms with E-state index in [4.69, 9.17) is 4.74 Å². The molecule has 2 saturated heterocycles. The zero-order valence-electron chi connectivity index (χ0n) is 47.6. The number of aromatic hydroxyl groups is 1. The molecule has 442 valence electrons. The number of esters is 1. The lowest BCUT2D eigenvalue weighted by atomic mass is 10.0. The third-order valence-electron chi connectivity index (χ3n) is 14.3. The van der Waals surface area contributed by atoms with E-state index >= 15 is 0 Å². The highest BCUT2D eigenvalue weighted by atomic mass is 32.2. The van der Waals surface area contributed by atoms with E-state index < -0.39 is 12.2 Å². The molecule has 10 rings (SSSR count). The molecule has 0 aliphatic carbocycles. The summed E-state index contributed by atoms with van der Waals surface area (Å²) in [6.45, 7) is 5.57. The number of rotatable bonds is 30. The van der Waals surface area contributed by atoms with Gasteiger partial charge in [-0.1, -0.05) is 42.8 Å². The predicted octanol–water partition coefficient (Wildman–Crippen LogP) is 7.00. The van der Waals surface area contributed by atoms with Crippen LogP contribution in [0, 0.1) is 0 Å². The van der Waals surface area contributed by atoms with Crippen LogP contribution in [0.25, 0.3) is 0 Å². The van der Waals surface area contributed by atoms with Gasteiger partial charge in [0, 0.05) is 146 Å². The summed E-state index contributed by atoms with van der Waals surface area (Å²) in [7, 11) is 0. The monoisotopic (exact) mass is 1170 g/mol. The number of nitrogens with one attached hydrogen (secondary N) is 2. The Morgan fingerprint density at radius 3 is 1.29 bits per heavy atom. The van der Waals surface area contributed by atoms with Crippen molar-refractivity contribution in [1.82, 2.24) is 70.1 Å². The molecule has 8 aromatic heterocycles. The Labute approximate surface area is 500 Å². The third kappa shape index (κ3) is 20.6. The van der Waals surface area contributed by atoms with Crippen LogP contribution in [-0.2, 0) is 57.2 Å². The van der Waals surface area contributed by atoms with Gasteiger partial charge in [-0.15, -0.1) is 0 Å². The first-order chi connectivity index (χ1) is 41.6. The topological polar surface area (TPSA) is 244 Å². The minimum absolute atomic E-state index is 0.0857. The van der Waals surface area contributed by atoms with Crippen molar-refractivity contribution in [2.75, 3.05) is 31.9 Å². The molecule has 21 heteroatoms. The first-order valence-electron chi connectivity index (χ1n) is 28.7. The summed E-state index contributed by atoms with van der Waals surface area (Å²) in [6.07, 6.45) is 15.4. The Kier molecular flexibility index (Phi) is 23.7. The van der Waals surface area contributed by atoms with Crippen molar-refractivity contribution in [2.24, 2.45) is 0 Å². The Bertz CT molecular complexity index is 3150. The Hall–Kier alpha value is -8.15. The van der Waals surface area contributed by atoms with Crippen molar-refractivity contribution >= 4 is 23.8 Å². The van der Waals surface area contributed by atoms with E-state index in [1.807, 2.05) is 121 Å². The van der Waals surface area contributed by atoms with Gasteiger partial charge in [-0.05, 0) is 110 Å². The number of ether oxygens (including phenoxy) is 1. The SMILES string of the molecule is O=C1N[C@H]2CSC(CCCCC(=O)Oc3cccnc3CN(Cc3ccccn3)CC(O)CN(Cc3ccccn3)Cc3ccccn3)[C@H]2N1.Oc1cccnc1CN(Cc1ccccn1)CC(O)CN(Cc1ccccn1)Cc1ccccn1. The summed E-state index contributed by atoms with van der Waals surface area (Å²) < 4.78 is 5.85. The molecule has 2 fully saturated rings. The molecule has 2 amide bonds. The summed E-state index contributed by atoms with van der Waals surface area (Å²) in [6, 6.07) is 42.0. The summed E-state index contributed by atoms with van der Waals surface area (Å²) >= 11 is 1.88. The molecule has 0 spiro atoms. The number of pyridine rings is 8. The lowest BCUT2D eigenvalue weighted by Crippen LogP contribution is -2.40. The standard InChI is InChI=1S/C37H44N8O4S.C27H30N6O2/c46-30(23-44(20-27-10-3-6-16-38-27)21-28-11-4-7-17-39-28)24-45(22-29-12-5-8-18-40-29)25-31-33(13-9-19-41-31)49-35(47)15-2-1-14-34-36-32(26-50-34)42-37(48)43-36;34-25(19-32(16-22-8-1-4-12-28-22)17-23-9-2-5-13-29-23)20-33(18-24-10-3-6-14-30-24)21-26-27(35)11-7-15-31-26/h3-13,16-19,30,32,34,36,46H,1-2,14-15,20-26H2,(H2,42,43,48);1-15,25,34-35H,16-21H2/t30?,32-,34?,36-;/m0./s1. The number of aliphatic hydroxyl groups is 2. The second kappa shape index (κ2) is 32.8. The van der Waals surface area contributed by atoms with Gasteiger partial charge in [-0.3, -0.25) is 64.3 Å². The number of amides is 2. The highest BCUT2D eigenvalue weighted by Gasteiger charge is 2.42. The van der Waals surface area contributed by atoms with Gasteiger partial charge in [0.15, 0.2) is 5.75 Å². The minimum atomic E-state index is -0.720. The maximum Gasteiger partial charge on any atom is 0.315 e. The van der Waals surface area contributed by atoms with Gasteiger partial charge in [0.2, 0.25) is 0 Å². The molecule has 10 heterocycles. The number of hydrogen-bond acceptors (Lipinski definition) is 19. The maximum atomic E-state index is 13.0. The number of thioether (sulfide) groups is 1. The molecular formula is C64H74N14O6S.